The first-order valence-corrected chi connectivity index (χ1v) is 15.6. The lowest BCUT2D eigenvalue weighted by molar-refractivity contribution is -0.384. The maximum absolute atomic E-state index is 15.9. The van der Waals surface area contributed by atoms with Crippen LogP contribution in [0.4, 0.5) is 11.4 Å². The predicted molar refractivity (Wildman–Crippen MR) is 179 cm³/mol. The third-order valence-electron chi connectivity index (χ3n) is 9.95. The number of nitro groups is 1. The second kappa shape index (κ2) is 10.4. The Morgan fingerprint density at radius 3 is 1.40 bits per heavy atom. The number of carbonyl (C=O) groups is 3. The Kier molecular flexibility index (Phi) is 6.39. The van der Waals surface area contributed by atoms with Crippen molar-refractivity contribution in [1.29, 1.82) is 0 Å². The number of anilines is 1. The molecule has 5 aromatic rings. The summed E-state index contributed by atoms with van der Waals surface area (Å²) in [4.78, 5) is 58.5. The molecule has 0 N–H and O–H groups in total. The molecule has 5 aromatic carbocycles. The third kappa shape index (κ3) is 3.66. The van der Waals surface area contributed by atoms with Gasteiger partial charge in [0, 0.05) is 11.1 Å². The van der Waals surface area contributed by atoms with Gasteiger partial charge in [0.25, 0.3) is 5.69 Å². The SMILES string of the molecule is O=C1[C@@H]2[C@@H](C(=O)N1c1ccc(Cl)cc1[N+](=O)[O-])[C@@]1(c3ccccc3)C(=O)[C@@]2(c2ccccc2)C(c2ccccc2)=C1c1ccccc1. The number of halogens is 1. The number of nitro benzene ring substituents is 1. The number of fused-ring (bicyclic) bond motifs is 5. The van der Waals surface area contributed by atoms with Crippen molar-refractivity contribution in [3.8, 4) is 0 Å². The van der Waals surface area contributed by atoms with Crippen LogP contribution in [0.15, 0.2) is 140 Å². The maximum atomic E-state index is 15.9. The molecule has 0 unspecified atom stereocenters. The van der Waals surface area contributed by atoms with Crippen molar-refractivity contribution < 1.29 is 19.3 Å². The van der Waals surface area contributed by atoms with Gasteiger partial charge >= 0.3 is 0 Å². The van der Waals surface area contributed by atoms with Crippen LogP contribution in [-0.2, 0) is 25.2 Å². The summed E-state index contributed by atoms with van der Waals surface area (Å²) in [6.45, 7) is 0. The van der Waals surface area contributed by atoms with Crippen LogP contribution in [0.25, 0.3) is 11.1 Å². The molecule has 1 aliphatic heterocycles. The summed E-state index contributed by atoms with van der Waals surface area (Å²) in [5.74, 6) is -3.98. The van der Waals surface area contributed by atoms with E-state index in [9.17, 15) is 10.1 Å². The van der Waals surface area contributed by atoms with Crippen LogP contribution < -0.4 is 4.90 Å². The number of amides is 2. The third-order valence-corrected chi connectivity index (χ3v) is 10.2. The van der Waals surface area contributed by atoms with Crippen LogP contribution in [0.3, 0.4) is 0 Å². The first-order chi connectivity index (χ1) is 22.8. The van der Waals surface area contributed by atoms with Crippen molar-refractivity contribution in [2.24, 2.45) is 11.8 Å². The summed E-state index contributed by atoms with van der Waals surface area (Å²) in [7, 11) is 0. The quantitative estimate of drug-likeness (QED) is 0.110. The van der Waals surface area contributed by atoms with Gasteiger partial charge in [0.05, 0.1) is 27.6 Å². The number of hydrogen-bond acceptors (Lipinski definition) is 5. The van der Waals surface area contributed by atoms with Gasteiger partial charge in [0.15, 0.2) is 5.78 Å². The summed E-state index contributed by atoms with van der Waals surface area (Å²) >= 11 is 6.15. The van der Waals surface area contributed by atoms with Gasteiger partial charge in [-0.05, 0) is 45.5 Å². The van der Waals surface area contributed by atoms with Crippen LogP contribution >= 0.6 is 11.6 Å². The molecule has 2 aliphatic carbocycles. The van der Waals surface area contributed by atoms with Crippen LogP contribution in [-0.4, -0.2) is 22.5 Å². The predicted octanol–water partition coefficient (Wildman–Crippen LogP) is 7.44. The molecule has 1 saturated heterocycles. The number of imide groups is 1. The van der Waals surface area contributed by atoms with E-state index < -0.39 is 45.1 Å². The van der Waals surface area contributed by atoms with Gasteiger partial charge in [-0.2, -0.15) is 0 Å². The number of nitrogens with zero attached hydrogens (tertiary/aromatic N) is 2. The molecule has 2 bridgehead atoms. The monoisotopic (exact) mass is 636 g/mol. The lowest BCUT2D eigenvalue weighted by atomic mass is 9.59. The average Bonchev–Trinajstić information content (AvgIpc) is 3.62. The van der Waals surface area contributed by atoms with E-state index in [1.807, 2.05) is 121 Å². The molecular formula is C39H25ClN2O5. The average molecular weight is 637 g/mol. The molecule has 228 valence electrons. The number of benzene rings is 5. The Morgan fingerprint density at radius 1 is 0.596 bits per heavy atom. The molecule has 1 heterocycles. The fraction of sp³-hybridized carbons (Fsp3) is 0.103. The highest BCUT2D eigenvalue weighted by atomic mass is 35.5. The van der Waals surface area contributed by atoms with Gasteiger partial charge in [-0.15, -0.1) is 0 Å². The molecule has 2 fully saturated rings. The van der Waals surface area contributed by atoms with E-state index >= 15 is 14.4 Å². The van der Waals surface area contributed by atoms with Crippen molar-refractivity contribution in [2.45, 2.75) is 10.8 Å². The van der Waals surface area contributed by atoms with Gasteiger partial charge < -0.3 is 0 Å². The number of carbonyl (C=O) groups excluding carboxylic acids is 3. The zero-order valence-corrected chi connectivity index (χ0v) is 25.5. The largest absolute Gasteiger partial charge is 0.297 e. The second-order valence-electron chi connectivity index (χ2n) is 12.0. The van der Waals surface area contributed by atoms with Crippen LogP contribution in [0.5, 0.6) is 0 Å². The van der Waals surface area contributed by atoms with Gasteiger partial charge in [-0.25, -0.2) is 4.90 Å². The van der Waals surface area contributed by atoms with Crippen molar-refractivity contribution in [1.82, 2.24) is 0 Å². The van der Waals surface area contributed by atoms with Gasteiger partial charge in [-0.3, -0.25) is 24.5 Å². The second-order valence-corrected chi connectivity index (χ2v) is 12.5. The van der Waals surface area contributed by atoms with Crippen molar-refractivity contribution in [3.05, 3.63) is 177 Å². The lowest BCUT2D eigenvalue weighted by Crippen LogP contribution is -2.45. The van der Waals surface area contributed by atoms with Crippen LogP contribution in [0.1, 0.15) is 22.3 Å². The van der Waals surface area contributed by atoms with Crippen molar-refractivity contribution >= 4 is 51.7 Å². The number of ketones is 1. The molecule has 0 radical (unpaired) electrons. The normalized spacial score (nSPS) is 24.6. The molecule has 3 aliphatic rings. The van der Waals surface area contributed by atoms with E-state index in [1.54, 1.807) is 0 Å². The number of allylic oxidation sites excluding steroid dienone is 2. The Hall–Kier alpha value is -5.66. The van der Waals surface area contributed by atoms with E-state index in [1.165, 1.54) is 12.1 Å². The minimum absolute atomic E-state index is 0.0934. The molecule has 2 amide bonds. The number of rotatable bonds is 6. The highest BCUT2D eigenvalue weighted by Gasteiger charge is 2.83. The zero-order chi connectivity index (χ0) is 32.5. The Bertz CT molecular complexity index is 2030. The molecule has 8 rings (SSSR count). The fourth-order valence-corrected chi connectivity index (χ4v) is 8.57. The minimum atomic E-state index is -1.60. The first kappa shape index (κ1) is 28.8. The Balaban J connectivity index is 1.55. The molecule has 7 nitrogen and oxygen atoms in total. The topological polar surface area (TPSA) is 97.6 Å². The summed E-state index contributed by atoms with van der Waals surface area (Å²) < 4.78 is 0. The van der Waals surface area contributed by atoms with Gasteiger partial charge in [0.1, 0.15) is 5.69 Å². The maximum Gasteiger partial charge on any atom is 0.294 e. The zero-order valence-electron chi connectivity index (χ0n) is 24.7. The molecular weight excluding hydrogens is 612 g/mol. The summed E-state index contributed by atoms with van der Waals surface area (Å²) in [6, 6.07) is 41.2. The summed E-state index contributed by atoms with van der Waals surface area (Å²) in [6.07, 6.45) is 0. The molecule has 8 heteroatoms. The minimum Gasteiger partial charge on any atom is -0.297 e. The molecule has 0 aromatic heterocycles. The number of hydrogen-bond donors (Lipinski definition) is 0. The molecule has 47 heavy (non-hydrogen) atoms. The standard InChI is InChI=1S/C39H25ClN2O5/c40-28-21-22-29(30(23-28)42(46)47)41-35(43)33-34(36(41)44)39(27-19-11-4-12-20-27)32(25-15-7-2-8-16-25)31(24-13-5-1-6-14-24)38(33,37(39)45)26-17-9-3-10-18-26/h1-23,33-34H/t33-,34-,38-,39-/m0/s1. The van der Waals surface area contributed by atoms with E-state index in [4.69, 9.17) is 11.6 Å². The first-order valence-electron chi connectivity index (χ1n) is 15.2. The molecule has 0 spiro atoms. The van der Waals surface area contributed by atoms with E-state index in [-0.39, 0.29) is 16.5 Å². The molecule has 4 atom stereocenters. The van der Waals surface area contributed by atoms with Crippen molar-refractivity contribution in [3.63, 3.8) is 0 Å². The van der Waals surface area contributed by atoms with Crippen LogP contribution in [0.2, 0.25) is 5.02 Å². The van der Waals surface area contributed by atoms with Gasteiger partial charge in [0.2, 0.25) is 11.8 Å². The highest BCUT2D eigenvalue weighted by Crippen LogP contribution is 2.74. The summed E-state index contributed by atoms with van der Waals surface area (Å²) in [5, 5.41) is 12.4. The Morgan fingerprint density at radius 2 is 1.00 bits per heavy atom. The van der Waals surface area contributed by atoms with Gasteiger partial charge in [-0.1, -0.05) is 133 Å². The smallest absolute Gasteiger partial charge is 0.294 e. The van der Waals surface area contributed by atoms with Crippen molar-refractivity contribution in [2.75, 3.05) is 4.90 Å². The molecule has 1 saturated carbocycles. The lowest BCUT2D eigenvalue weighted by Gasteiger charge is -2.39. The Labute approximate surface area is 274 Å². The van der Waals surface area contributed by atoms with E-state index in [0.29, 0.717) is 22.3 Å². The number of Topliss-reactive ketones (excluding diaryl/α,β-unsaturated/α-hetero) is 1. The fourth-order valence-electron chi connectivity index (χ4n) is 8.40. The highest BCUT2D eigenvalue weighted by molar-refractivity contribution is 6.39. The van der Waals surface area contributed by atoms with E-state index in [0.717, 1.165) is 22.1 Å². The van der Waals surface area contributed by atoms with E-state index in [2.05, 4.69) is 0 Å². The van der Waals surface area contributed by atoms with Crippen LogP contribution in [0, 0.1) is 22.0 Å². The summed E-state index contributed by atoms with van der Waals surface area (Å²) in [5.41, 5.74) is 0.107.